The van der Waals surface area contributed by atoms with E-state index in [2.05, 4.69) is 15.6 Å². The SMILES string of the molecule is Cc1ncc(C(F)(F)F)cc1N[C@@H](C)c1ccc(C(=O)NCCC(N)=O)s1. The van der Waals surface area contributed by atoms with Crippen LogP contribution in [0.2, 0.25) is 0 Å². The van der Waals surface area contributed by atoms with Gasteiger partial charge in [0, 0.05) is 24.0 Å². The highest BCUT2D eigenvalue weighted by molar-refractivity contribution is 7.14. The Balaban J connectivity index is 2.07. The lowest BCUT2D eigenvalue weighted by Crippen LogP contribution is -2.27. The van der Waals surface area contributed by atoms with Gasteiger partial charge in [0.15, 0.2) is 0 Å². The number of anilines is 1. The van der Waals surface area contributed by atoms with Gasteiger partial charge in [0.1, 0.15) is 0 Å². The minimum Gasteiger partial charge on any atom is -0.376 e. The summed E-state index contributed by atoms with van der Waals surface area (Å²) in [5.41, 5.74) is 4.90. The van der Waals surface area contributed by atoms with E-state index < -0.39 is 17.6 Å². The molecule has 0 spiro atoms. The fourth-order valence-electron chi connectivity index (χ4n) is 2.23. The van der Waals surface area contributed by atoms with Crippen LogP contribution in [-0.2, 0) is 11.0 Å². The van der Waals surface area contributed by atoms with E-state index in [1.165, 1.54) is 11.3 Å². The first kappa shape index (κ1) is 20.7. The van der Waals surface area contributed by atoms with E-state index in [0.29, 0.717) is 10.6 Å². The number of aromatic nitrogens is 1. The first-order valence-electron chi connectivity index (χ1n) is 8.04. The molecular formula is C17H19F3N4O2S. The van der Waals surface area contributed by atoms with Crippen molar-refractivity contribution in [3.63, 3.8) is 0 Å². The fraction of sp³-hybridized carbons (Fsp3) is 0.353. The van der Waals surface area contributed by atoms with E-state index in [-0.39, 0.29) is 30.6 Å². The molecule has 10 heteroatoms. The molecule has 6 nitrogen and oxygen atoms in total. The van der Waals surface area contributed by atoms with Gasteiger partial charge < -0.3 is 16.4 Å². The van der Waals surface area contributed by atoms with Crippen LogP contribution >= 0.6 is 11.3 Å². The fourth-order valence-corrected chi connectivity index (χ4v) is 3.16. The van der Waals surface area contributed by atoms with Crippen molar-refractivity contribution in [3.8, 4) is 0 Å². The van der Waals surface area contributed by atoms with Crippen molar-refractivity contribution in [1.82, 2.24) is 10.3 Å². The maximum atomic E-state index is 12.9. The molecule has 0 aliphatic rings. The van der Waals surface area contributed by atoms with E-state index in [0.717, 1.165) is 17.1 Å². The number of pyridine rings is 1. The van der Waals surface area contributed by atoms with E-state index in [9.17, 15) is 22.8 Å². The zero-order valence-corrected chi connectivity index (χ0v) is 15.5. The lowest BCUT2D eigenvalue weighted by molar-refractivity contribution is -0.137. The van der Waals surface area contributed by atoms with Crippen LogP contribution in [0.15, 0.2) is 24.4 Å². The van der Waals surface area contributed by atoms with E-state index in [1.54, 1.807) is 26.0 Å². The number of carbonyl (C=O) groups is 2. The van der Waals surface area contributed by atoms with E-state index in [1.807, 2.05) is 0 Å². The second-order valence-corrected chi connectivity index (χ2v) is 7.01. The second kappa shape index (κ2) is 8.38. The highest BCUT2D eigenvalue weighted by Crippen LogP contribution is 2.33. The summed E-state index contributed by atoms with van der Waals surface area (Å²) >= 11 is 1.21. The van der Waals surface area contributed by atoms with Crippen LogP contribution < -0.4 is 16.4 Å². The van der Waals surface area contributed by atoms with Crippen LogP contribution in [0.1, 0.15) is 45.2 Å². The highest BCUT2D eigenvalue weighted by Gasteiger charge is 2.31. The minimum atomic E-state index is -4.47. The van der Waals surface area contributed by atoms with Crippen molar-refractivity contribution in [2.45, 2.75) is 32.5 Å². The number of nitrogens with two attached hydrogens (primary N) is 1. The van der Waals surface area contributed by atoms with Gasteiger partial charge in [-0.25, -0.2) is 0 Å². The number of rotatable bonds is 7. The maximum Gasteiger partial charge on any atom is 0.417 e. The summed E-state index contributed by atoms with van der Waals surface area (Å²) in [7, 11) is 0. The molecule has 4 N–H and O–H groups in total. The largest absolute Gasteiger partial charge is 0.417 e. The molecule has 0 radical (unpaired) electrons. The number of aryl methyl sites for hydroxylation is 1. The summed E-state index contributed by atoms with van der Waals surface area (Å²) in [5, 5.41) is 5.59. The summed E-state index contributed by atoms with van der Waals surface area (Å²) in [6.45, 7) is 3.53. The monoisotopic (exact) mass is 400 g/mol. The van der Waals surface area contributed by atoms with Gasteiger partial charge >= 0.3 is 6.18 Å². The molecule has 0 saturated carbocycles. The third-order valence-corrected chi connectivity index (χ3v) is 4.99. The van der Waals surface area contributed by atoms with Crippen LogP contribution in [0.3, 0.4) is 0 Å². The Hall–Kier alpha value is -2.62. The maximum absolute atomic E-state index is 12.9. The van der Waals surface area contributed by atoms with Gasteiger partial charge in [0.25, 0.3) is 5.91 Å². The number of nitrogens with zero attached hydrogens (tertiary/aromatic N) is 1. The first-order chi connectivity index (χ1) is 12.6. The Kier molecular flexibility index (Phi) is 6.42. The quantitative estimate of drug-likeness (QED) is 0.665. The lowest BCUT2D eigenvalue weighted by Gasteiger charge is -2.17. The Morgan fingerprint density at radius 3 is 2.67 bits per heavy atom. The molecule has 2 amide bonds. The van der Waals surface area contributed by atoms with Crippen LogP contribution in [0.4, 0.5) is 18.9 Å². The van der Waals surface area contributed by atoms with Crippen molar-refractivity contribution in [3.05, 3.63) is 45.4 Å². The summed E-state index contributed by atoms with van der Waals surface area (Å²) in [5.74, 6) is -0.846. The molecule has 0 saturated heterocycles. The van der Waals surface area contributed by atoms with Gasteiger partial charge in [-0.15, -0.1) is 11.3 Å². The van der Waals surface area contributed by atoms with Crippen molar-refractivity contribution in [2.75, 3.05) is 11.9 Å². The van der Waals surface area contributed by atoms with Gasteiger partial charge in [-0.05, 0) is 32.0 Å². The number of alkyl halides is 3. The number of hydrogen-bond acceptors (Lipinski definition) is 5. The molecule has 0 unspecified atom stereocenters. The van der Waals surface area contributed by atoms with Crippen LogP contribution in [0.25, 0.3) is 0 Å². The zero-order valence-electron chi connectivity index (χ0n) is 14.7. The standard InChI is InChI=1S/C17H19F3N4O2S/c1-9-12(7-11(8-23-9)17(18,19)20)24-10(2)13-3-4-14(27-13)16(26)22-6-5-15(21)25/h3-4,7-8,10,24H,5-6H2,1-2H3,(H2,21,25)(H,22,26)/t10-/m0/s1. The third kappa shape index (κ3) is 5.68. The molecular weight excluding hydrogens is 381 g/mol. The number of thiophene rings is 1. The van der Waals surface area contributed by atoms with Crippen LogP contribution in [-0.4, -0.2) is 23.3 Å². The molecule has 2 aromatic heterocycles. The van der Waals surface area contributed by atoms with Crippen molar-refractivity contribution >= 4 is 28.8 Å². The molecule has 146 valence electrons. The smallest absolute Gasteiger partial charge is 0.376 e. The molecule has 2 aromatic rings. The second-order valence-electron chi connectivity index (χ2n) is 5.89. The summed E-state index contributed by atoms with van der Waals surface area (Å²) in [4.78, 5) is 27.7. The molecule has 0 bridgehead atoms. The summed E-state index contributed by atoms with van der Waals surface area (Å²) in [6.07, 6.45) is -3.63. The van der Waals surface area contributed by atoms with Crippen molar-refractivity contribution in [1.29, 1.82) is 0 Å². The third-order valence-electron chi connectivity index (χ3n) is 3.72. The number of primary amides is 1. The zero-order chi connectivity index (χ0) is 20.2. The Morgan fingerprint density at radius 1 is 1.33 bits per heavy atom. The van der Waals surface area contributed by atoms with Gasteiger partial charge in [-0.3, -0.25) is 14.6 Å². The van der Waals surface area contributed by atoms with Crippen molar-refractivity contribution in [2.24, 2.45) is 5.73 Å². The normalized spacial score (nSPS) is 12.5. The van der Waals surface area contributed by atoms with Crippen LogP contribution in [0.5, 0.6) is 0 Å². The topological polar surface area (TPSA) is 97.1 Å². The molecule has 2 rings (SSSR count). The lowest BCUT2D eigenvalue weighted by atomic mass is 10.2. The van der Waals surface area contributed by atoms with E-state index in [4.69, 9.17) is 5.73 Å². The predicted octanol–water partition coefficient (Wildman–Crippen LogP) is 3.25. The molecule has 2 heterocycles. The molecule has 1 atom stereocenters. The van der Waals surface area contributed by atoms with Gasteiger partial charge in [-0.2, -0.15) is 13.2 Å². The van der Waals surface area contributed by atoms with Gasteiger partial charge in [0.05, 0.1) is 27.9 Å². The predicted molar refractivity (Wildman–Crippen MR) is 96.5 cm³/mol. The Morgan fingerprint density at radius 2 is 2.04 bits per heavy atom. The summed E-state index contributed by atoms with van der Waals surface area (Å²) < 4.78 is 38.6. The average molecular weight is 400 g/mol. The van der Waals surface area contributed by atoms with E-state index >= 15 is 0 Å². The Labute approximate surface area is 158 Å². The number of carbonyl (C=O) groups excluding carboxylic acids is 2. The van der Waals surface area contributed by atoms with Crippen LogP contribution in [0, 0.1) is 6.92 Å². The molecule has 0 fully saturated rings. The first-order valence-corrected chi connectivity index (χ1v) is 8.86. The molecule has 0 aliphatic carbocycles. The van der Waals surface area contributed by atoms with Gasteiger partial charge in [0.2, 0.25) is 5.91 Å². The van der Waals surface area contributed by atoms with Crippen molar-refractivity contribution < 1.29 is 22.8 Å². The minimum absolute atomic E-state index is 0.0454. The average Bonchev–Trinajstić information content (AvgIpc) is 3.05. The number of hydrogen-bond donors (Lipinski definition) is 3. The Bertz CT molecular complexity index is 836. The number of nitrogens with one attached hydrogen (secondary N) is 2. The number of halogens is 3. The van der Waals surface area contributed by atoms with Gasteiger partial charge in [-0.1, -0.05) is 0 Å². The molecule has 27 heavy (non-hydrogen) atoms. The highest BCUT2D eigenvalue weighted by atomic mass is 32.1. The molecule has 0 aromatic carbocycles. The summed E-state index contributed by atoms with van der Waals surface area (Å²) in [6, 6.07) is 4.03. The molecule has 0 aliphatic heterocycles. The number of amides is 2.